The van der Waals surface area contributed by atoms with E-state index in [4.69, 9.17) is 20.2 Å². The fourth-order valence-electron chi connectivity index (χ4n) is 6.31. The summed E-state index contributed by atoms with van der Waals surface area (Å²) in [4.78, 5) is 40.7. The van der Waals surface area contributed by atoms with E-state index >= 15 is 0 Å². The molecule has 2 aliphatic heterocycles. The number of nitrogens with zero attached hydrogens (tertiary/aromatic N) is 4. The highest BCUT2D eigenvalue weighted by Gasteiger charge is 2.42. The van der Waals surface area contributed by atoms with Crippen LogP contribution in [-0.2, 0) is 9.53 Å². The van der Waals surface area contributed by atoms with Gasteiger partial charge in [-0.3, -0.25) is 14.5 Å². The lowest BCUT2D eigenvalue weighted by Crippen LogP contribution is -2.60. The molecule has 1 aromatic carbocycles. The molecule has 0 bridgehead atoms. The Morgan fingerprint density at radius 1 is 1.11 bits per heavy atom. The number of amides is 2. The third-order valence-corrected chi connectivity index (χ3v) is 7.80. The van der Waals surface area contributed by atoms with E-state index in [1.807, 2.05) is 30.3 Å². The number of benzene rings is 1. The minimum absolute atomic E-state index is 0.0653. The van der Waals surface area contributed by atoms with E-state index in [9.17, 15) is 9.59 Å². The molecule has 3 aromatic rings. The Bertz CT molecular complexity index is 1560. The fourth-order valence-corrected chi connectivity index (χ4v) is 6.31. The zero-order chi connectivity index (χ0) is 31.9. The number of aromatic nitrogens is 3. The second-order valence-electron chi connectivity index (χ2n) is 13.2. The quantitative estimate of drug-likeness (QED) is 0.279. The Morgan fingerprint density at radius 3 is 2.50 bits per heavy atom. The van der Waals surface area contributed by atoms with Gasteiger partial charge in [-0.15, -0.1) is 0 Å². The Morgan fingerprint density at radius 2 is 1.82 bits per heavy atom. The molecule has 0 aliphatic carbocycles. The van der Waals surface area contributed by atoms with E-state index in [-0.39, 0.29) is 28.6 Å². The lowest BCUT2D eigenvalue weighted by molar-refractivity contribution is -0.132. The SMILES string of the molecule is COCCN1C(=O)C(C)(C)Oc2cc(-c3ccccc3Nc3ncc(C(N)=O)c(NC4CC(C)(C)NC(C)(C)C4)n3)cnc21. The molecule has 5 rings (SSSR count). The van der Waals surface area contributed by atoms with Gasteiger partial charge in [0, 0.05) is 53.4 Å². The van der Waals surface area contributed by atoms with Gasteiger partial charge in [-0.05, 0) is 66.5 Å². The molecule has 2 amide bonds. The molecule has 4 heterocycles. The van der Waals surface area contributed by atoms with Crippen molar-refractivity contribution in [1.29, 1.82) is 0 Å². The molecule has 1 fully saturated rings. The van der Waals surface area contributed by atoms with Crippen molar-refractivity contribution in [2.75, 3.05) is 35.8 Å². The molecule has 12 nitrogen and oxygen atoms in total. The summed E-state index contributed by atoms with van der Waals surface area (Å²) in [6, 6.07) is 9.62. The van der Waals surface area contributed by atoms with Crippen molar-refractivity contribution >= 4 is 35.1 Å². The number of carbonyl (C=O) groups excluding carboxylic acids is 2. The van der Waals surface area contributed by atoms with Crippen molar-refractivity contribution < 1.29 is 19.1 Å². The van der Waals surface area contributed by atoms with Crippen LogP contribution in [0.3, 0.4) is 0 Å². The molecule has 0 radical (unpaired) electrons. The maximum atomic E-state index is 13.1. The summed E-state index contributed by atoms with van der Waals surface area (Å²) >= 11 is 0. The molecule has 0 saturated carbocycles. The van der Waals surface area contributed by atoms with Crippen molar-refractivity contribution in [3.63, 3.8) is 0 Å². The molecule has 1 saturated heterocycles. The molecule has 234 valence electrons. The Hall–Kier alpha value is -4.29. The second kappa shape index (κ2) is 11.7. The van der Waals surface area contributed by atoms with Crippen LogP contribution >= 0.6 is 0 Å². The highest BCUT2D eigenvalue weighted by Crippen LogP contribution is 2.40. The van der Waals surface area contributed by atoms with E-state index in [0.717, 1.165) is 29.7 Å². The number of anilines is 4. The van der Waals surface area contributed by atoms with Gasteiger partial charge in [0.1, 0.15) is 5.82 Å². The summed E-state index contributed by atoms with van der Waals surface area (Å²) in [5.74, 6) is 0.857. The van der Waals surface area contributed by atoms with Gasteiger partial charge >= 0.3 is 0 Å². The van der Waals surface area contributed by atoms with Crippen molar-refractivity contribution in [3.05, 3.63) is 48.3 Å². The molecule has 2 aliphatic rings. The number of piperidine rings is 1. The van der Waals surface area contributed by atoms with Crippen LogP contribution in [0.5, 0.6) is 5.75 Å². The molecule has 0 spiro atoms. The monoisotopic (exact) mass is 602 g/mol. The summed E-state index contributed by atoms with van der Waals surface area (Å²) in [7, 11) is 1.59. The first-order valence-electron chi connectivity index (χ1n) is 14.8. The summed E-state index contributed by atoms with van der Waals surface area (Å²) in [5.41, 5.74) is 6.99. The average molecular weight is 603 g/mol. The number of rotatable bonds is 9. The maximum Gasteiger partial charge on any atom is 0.271 e. The zero-order valence-corrected chi connectivity index (χ0v) is 26.4. The van der Waals surface area contributed by atoms with Gasteiger partial charge in [-0.1, -0.05) is 18.2 Å². The number of ether oxygens (including phenoxy) is 2. The number of nitrogens with two attached hydrogens (primary N) is 1. The number of fused-ring (bicyclic) bond motifs is 1. The lowest BCUT2D eigenvalue weighted by Gasteiger charge is -2.46. The molecule has 12 heteroatoms. The summed E-state index contributed by atoms with van der Waals surface area (Å²) in [6.07, 6.45) is 4.83. The third kappa shape index (κ3) is 6.61. The van der Waals surface area contributed by atoms with E-state index in [1.54, 1.807) is 32.1 Å². The van der Waals surface area contributed by atoms with E-state index in [2.05, 4.69) is 53.6 Å². The zero-order valence-electron chi connectivity index (χ0n) is 26.4. The normalized spacial score (nSPS) is 18.7. The van der Waals surface area contributed by atoms with Gasteiger partial charge < -0.3 is 31.2 Å². The van der Waals surface area contributed by atoms with Crippen LogP contribution in [0, 0.1) is 0 Å². The summed E-state index contributed by atoms with van der Waals surface area (Å²) in [6.45, 7) is 12.9. The molecule has 0 unspecified atom stereocenters. The third-order valence-electron chi connectivity index (χ3n) is 7.80. The lowest BCUT2D eigenvalue weighted by atomic mass is 9.79. The van der Waals surface area contributed by atoms with Crippen molar-refractivity contribution in [2.45, 2.75) is 77.1 Å². The van der Waals surface area contributed by atoms with Crippen LogP contribution in [0.25, 0.3) is 11.1 Å². The molecule has 0 atom stereocenters. The minimum Gasteiger partial charge on any atom is -0.474 e. The van der Waals surface area contributed by atoms with Crippen molar-refractivity contribution in [3.8, 4) is 16.9 Å². The summed E-state index contributed by atoms with van der Waals surface area (Å²) < 4.78 is 11.3. The predicted molar refractivity (Wildman–Crippen MR) is 170 cm³/mol. The van der Waals surface area contributed by atoms with Gasteiger partial charge in [-0.25, -0.2) is 9.97 Å². The van der Waals surface area contributed by atoms with Crippen molar-refractivity contribution in [1.82, 2.24) is 20.3 Å². The van der Waals surface area contributed by atoms with Crippen LogP contribution < -0.4 is 31.3 Å². The highest BCUT2D eigenvalue weighted by molar-refractivity contribution is 6.02. The molecular formula is C32H42N8O4. The Labute approximate surface area is 258 Å². The fraction of sp³-hybridized carbons (Fsp3) is 0.469. The number of pyridine rings is 1. The van der Waals surface area contributed by atoms with Crippen LogP contribution in [0.1, 0.15) is 64.7 Å². The largest absolute Gasteiger partial charge is 0.474 e. The first-order chi connectivity index (χ1) is 20.7. The molecule has 5 N–H and O–H groups in total. The molecular weight excluding hydrogens is 560 g/mol. The molecule has 2 aromatic heterocycles. The van der Waals surface area contributed by atoms with Crippen LogP contribution in [0.4, 0.5) is 23.3 Å². The standard InChI is InChI=1S/C32H42N8O4/c1-30(2)15-20(16-31(3,4)39-30)36-26-22(25(33)41)18-35-29(38-26)37-23-11-9-8-10-21(23)19-14-24-27(34-17-19)40(12-13-43-7)28(42)32(5,6)44-24/h8-11,14,17-18,20,39H,12-13,15-16H2,1-7H3,(H2,33,41)(H2,35,36,37,38). The highest BCUT2D eigenvalue weighted by atomic mass is 16.5. The number of para-hydroxylation sites is 1. The van der Waals surface area contributed by atoms with Gasteiger partial charge in [0.25, 0.3) is 11.8 Å². The number of nitrogens with one attached hydrogen (secondary N) is 3. The number of hydrogen-bond donors (Lipinski definition) is 4. The van der Waals surface area contributed by atoms with Crippen LogP contribution in [0.2, 0.25) is 0 Å². The Kier molecular flexibility index (Phi) is 8.25. The van der Waals surface area contributed by atoms with Gasteiger partial charge in [-0.2, -0.15) is 4.98 Å². The average Bonchev–Trinajstić information content (AvgIpc) is 2.91. The van der Waals surface area contributed by atoms with Gasteiger partial charge in [0.2, 0.25) is 5.95 Å². The smallest absolute Gasteiger partial charge is 0.271 e. The van der Waals surface area contributed by atoms with E-state index < -0.39 is 11.5 Å². The first kappa shape index (κ1) is 31.1. The number of hydrogen-bond acceptors (Lipinski definition) is 10. The van der Waals surface area contributed by atoms with E-state index in [0.29, 0.717) is 36.5 Å². The topological polar surface area (TPSA) is 157 Å². The van der Waals surface area contributed by atoms with Gasteiger partial charge in [0.05, 0.1) is 18.7 Å². The van der Waals surface area contributed by atoms with Crippen molar-refractivity contribution in [2.24, 2.45) is 5.73 Å². The number of carbonyl (C=O) groups is 2. The van der Waals surface area contributed by atoms with Crippen LogP contribution in [0.15, 0.2) is 42.7 Å². The maximum absolute atomic E-state index is 13.1. The second-order valence-corrected chi connectivity index (χ2v) is 13.2. The number of methoxy groups -OCH3 is 1. The molecule has 44 heavy (non-hydrogen) atoms. The Balaban J connectivity index is 1.45. The first-order valence-corrected chi connectivity index (χ1v) is 14.8. The predicted octanol–water partition coefficient (Wildman–Crippen LogP) is 4.25. The summed E-state index contributed by atoms with van der Waals surface area (Å²) in [5, 5.41) is 10.5. The van der Waals surface area contributed by atoms with Gasteiger partial charge in [0.15, 0.2) is 17.2 Å². The van der Waals surface area contributed by atoms with Crippen LogP contribution in [-0.4, -0.2) is 69.7 Å². The van der Waals surface area contributed by atoms with E-state index in [1.165, 1.54) is 6.20 Å². The minimum atomic E-state index is -1.06. The number of primary amides is 1.